The van der Waals surface area contributed by atoms with Gasteiger partial charge in [-0.15, -0.1) is 12.4 Å². The molecule has 2 N–H and O–H groups in total. The van der Waals surface area contributed by atoms with Gasteiger partial charge in [-0.2, -0.15) is 0 Å². The van der Waals surface area contributed by atoms with Crippen LogP contribution in [0, 0.1) is 0 Å². The molecule has 1 fully saturated rings. The van der Waals surface area contributed by atoms with Crippen molar-refractivity contribution in [3.63, 3.8) is 0 Å². The predicted octanol–water partition coefficient (Wildman–Crippen LogP) is 3.88. The molecule has 1 saturated carbocycles. The second-order valence-corrected chi connectivity index (χ2v) is 10.4. The topological polar surface area (TPSA) is 35.2 Å². The van der Waals surface area contributed by atoms with Gasteiger partial charge in [-0.25, -0.2) is 0 Å². The fourth-order valence-electron chi connectivity index (χ4n) is 2.58. The number of rotatable bonds is 4. The van der Waals surface area contributed by atoms with E-state index >= 15 is 0 Å². The minimum Gasteiger partial charge on any atom is -0.410 e. The highest BCUT2D eigenvalue weighted by molar-refractivity contribution is 6.69. The van der Waals surface area contributed by atoms with E-state index in [1.54, 1.807) is 0 Å². The molecule has 0 radical (unpaired) electrons. The summed E-state index contributed by atoms with van der Waals surface area (Å²) >= 11 is 0. The molecule has 0 heterocycles. The lowest BCUT2D eigenvalue weighted by Crippen LogP contribution is -2.54. The van der Waals surface area contributed by atoms with E-state index in [1.807, 2.05) is 6.07 Å². The zero-order valence-electron chi connectivity index (χ0n) is 11.5. The Bertz CT molecular complexity index is 373. The van der Waals surface area contributed by atoms with Crippen molar-refractivity contribution in [1.29, 1.82) is 0 Å². The van der Waals surface area contributed by atoms with Gasteiger partial charge in [0.15, 0.2) is 8.32 Å². The van der Waals surface area contributed by atoms with E-state index in [2.05, 4.69) is 43.9 Å². The Hall–Kier alpha value is -0.353. The summed E-state index contributed by atoms with van der Waals surface area (Å²) in [5, 5.41) is 0. The van der Waals surface area contributed by atoms with E-state index in [9.17, 15) is 0 Å². The highest BCUT2D eigenvalue weighted by Crippen LogP contribution is 2.45. The molecule has 18 heavy (non-hydrogen) atoms. The van der Waals surface area contributed by atoms with E-state index in [0.29, 0.717) is 0 Å². The molecule has 1 aromatic carbocycles. The smallest absolute Gasteiger partial charge is 0.184 e. The van der Waals surface area contributed by atoms with E-state index in [0.717, 1.165) is 12.8 Å². The first-order chi connectivity index (χ1) is 7.93. The Morgan fingerprint density at radius 1 is 1.17 bits per heavy atom. The number of nitrogens with two attached hydrogens (primary N) is 1. The second-order valence-electron chi connectivity index (χ2n) is 6.02. The van der Waals surface area contributed by atoms with Gasteiger partial charge in [0.05, 0.1) is 11.6 Å². The summed E-state index contributed by atoms with van der Waals surface area (Å²) in [4.78, 5) is 0. The van der Waals surface area contributed by atoms with Crippen LogP contribution in [0.3, 0.4) is 0 Å². The van der Waals surface area contributed by atoms with Crippen molar-refractivity contribution < 1.29 is 4.43 Å². The average Bonchev–Trinajstić information content (AvgIpc) is 2.23. The first-order valence-electron chi connectivity index (χ1n) is 6.44. The molecule has 2 nitrogen and oxygen atoms in total. The molecule has 1 unspecified atom stereocenters. The summed E-state index contributed by atoms with van der Waals surface area (Å²) in [6, 6.07) is 10.4. The summed E-state index contributed by atoms with van der Waals surface area (Å²) in [5.41, 5.74) is 7.55. The van der Waals surface area contributed by atoms with Gasteiger partial charge in [0, 0.05) is 0 Å². The molecular weight excluding hydrogens is 262 g/mol. The van der Waals surface area contributed by atoms with Crippen molar-refractivity contribution in [3.8, 4) is 0 Å². The molecule has 0 bridgehead atoms. The fraction of sp³-hybridized carbons (Fsp3) is 0.571. The highest BCUT2D eigenvalue weighted by atomic mass is 35.5. The number of benzene rings is 1. The Morgan fingerprint density at radius 3 is 2.11 bits per heavy atom. The van der Waals surface area contributed by atoms with Crippen molar-refractivity contribution in [2.24, 2.45) is 5.73 Å². The third kappa shape index (κ3) is 3.35. The van der Waals surface area contributed by atoms with Crippen LogP contribution in [0.25, 0.3) is 0 Å². The summed E-state index contributed by atoms with van der Waals surface area (Å²) in [5.74, 6) is 0. The standard InChI is InChI=1S/C14H23NOSi.ClH/c1-17(2,3)16-14(10-7-11-14)13(15)12-8-5-4-6-9-12;/h4-6,8-9,13H,7,10-11,15H2,1-3H3;1H. The molecule has 0 amide bonds. The quantitative estimate of drug-likeness (QED) is 0.852. The molecule has 2 rings (SSSR count). The third-order valence-electron chi connectivity index (χ3n) is 3.43. The summed E-state index contributed by atoms with van der Waals surface area (Å²) in [6.07, 6.45) is 3.45. The maximum Gasteiger partial charge on any atom is 0.184 e. The number of hydrogen-bond acceptors (Lipinski definition) is 2. The Labute approximate surface area is 117 Å². The van der Waals surface area contributed by atoms with E-state index in [4.69, 9.17) is 10.2 Å². The zero-order valence-corrected chi connectivity index (χ0v) is 13.3. The van der Waals surface area contributed by atoms with Crippen LogP contribution in [0.15, 0.2) is 30.3 Å². The minimum absolute atomic E-state index is 0. The van der Waals surface area contributed by atoms with E-state index < -0.39 is 8.32 Å². The molecule has 0 aliphatic heterocycles. The van der Waals surface area contributed by atoms with Gasteiger partial charge < -0.3 is 10.2 Å². The molecule has 1 aliphatic rings. The van der Waals surface area contributed by atoms with Crippen LogP contribution in [-0.2, 0) is 4.43 Å². The first-order valence-corrected chi connectivity index (χ1v) is 9.84. The van der Waals surface area contributed by atoms with Crippen molar-refractivity contribution in [2.45, 2.75) is 50.5 Å². The Balaban J connectivity index is 0.00000162. The van der Waals surface area contributed by atoms with Gasteiger partial charge in [0.25, 0.3) is 0 Å². The summed E-state index contributed by atoms with van der Waals surface area (Å²) in [6.45, 7) is 6.72. The van der Waals surface area contributed by atoms with Crippen molar-refractivity contribution in [2.75, 3.05) is 0 Å². The van der Waals surface area contributed by atoms with E-state index in [1.165, 1.54) is 12.0 Å². The van der Waals surface area contributed by atoms with Crippen LogP contribution in [0.4, 0.5) is 0 Å². The van der Waals surface area contributed by atoms with Crippen molar-refractivity contribution in [3.05, 3.63) is 35.9 Å². The van der Waals surface area contributed by atoms with Crippen molar-refractivity contribution >= 4 is 20.7 Å². The predicted molar refractivity (Wildman–Crippen MR) is 81.6 cm³/mol. The van der Waals surface area contributed by atoms with Gasteiger partial charge in [0.1, 0.15) is 0 Å². The van der Waals surface area contributed by atoms with Crippen LogP contribution < -0.4 is 5.73 Å². The van der Waals surface area contributed by atoms with Gasteiger partial charge in [0.2, 0.25) is 0 Å². The van der Waals surface area contributed by atoms with Gasteiger partial charge in [-0.05, 0) is 44.5 Å². The molecule has 4 heteroatoms. The second kappa shape index (κ2) is 5.74. The third-order valence-corrected chi connectivity index (χ3v) is 4.45. The zero-order chi connectivity index (χ0) is 12.5. The Morgan fingerprint density at radius 2 is 1.72 bits per heavy atom. The fourth-order valence-corrected chi connectivity index (χ4v) is 4.13. The van der Waals surface area contributed by atoms with Gasteiger partial charge in [-0.1, -0.05) is 30.3 Å². The summed E-state index contributed by atoms with van der Waals surface area (Å²) < 4.78 is 6.39. The van der Waals surface area contributed by atoms with Crippen LogP contribution in [0.5, 0.6) is 0 Å². The monoisotopic (exact) mass is 285 g/mol. The average molecular weight is 286 g/mol. The van der Waals surface area contributed by atoms with Crippen LogP contribution in [-0.4, -0.2) is 13.9 Å². The molecular formula is C14H24ClNOSi. The number of hydrogen-bond donors (Lipinski definition) is 1. The van der Waals surface area contributed by atoms with Crippen molar-refractivity contribution in [1.82, 2.24) is 0 Å². The highest BCUT2D eigenvalue weighted by Gasteiger charge is 2.46. The number of halogens is 1. The lowest BCUT2D eigenvalue weighted by molar-refractivity contribution is -0.0383. The maximum atomic E-state index is 6.44. The largest absolute Gasteiger partial charge is 0.410 e. The minimum atomic E-state index is -1.54. The normalized spacial score (nSPS) is 19.6. The van der Waals surface area contributed by atoms with Crippen LogP contribution >= 0.6 is 12.4 Å². The lowest BCUT2D eigenvalue weighted by Gasteiger charge is -2.49. The maximum absolute atomic E-state index is 6.44. The molecule has 0 spiro atoms. The first kappa shape index (κ1) is 15.7. The van der Waals surface area contributed by atoms with Gasteiger partial charge >= 0.3 is 0 Å². The SMILES string of the molecule is C[Si](C)(C)OC1(C(N)c2ccccc2)CCC1.Cl. The summed E-state index contributed by atoms with van der Waals surface area (Å²) in [7, 11) is -1.54. The van der Waals surface area contributed by atoms with Crippen LogP contribution in [0.2, 0.25) is 19.6 Å². The van der Waals surface area contributed by atoms with E-state index in [-0.39, 0.29) is 24.0 Å². The molecule has 102 valence electrons. The lowest BCUT2D eigenvalue weighted by atomic mass is 9.73. The van der Waals surface area contributed by atoms with Gasteiger partial charge in [-0.3, -0.25) is 0 Å². The van der Waals surface area contributed by atoms with Crippen LogP contribution in [0.1, 0.15) is 30.9 Å². The molecule has 1 aliphatic carbocycles. The molecule has 0 saturated heterocycles. The molecule has 1 aromatic rings. The Kier molecular flexibility index (Phi) is 5.01. The molecule has 1 atom stereocenters. The molecule has 0 aromatic heterocycles.